The SMILES string of the molecule is CN1C(=O)[C@H]2c3ccccc3C[C@H]2[N+]1=C1c2ccccc2-c2ccccc21. The third-order valence-corrected chi connectivity index (χ3v) is 6.31. The number of fused-ring (bicyclic) bond motifs is 6. The zero-order chi connectivity index (χ0) is 18.1. The summed E-state index contributed by atoms with van der Waals surface area (Å²) in [4.78, 5) is 13.2. The Morgan fingerprint density at radius 1 is 0.815 bits per heavy atom. The van der Waals surface area contributed by atoms with Crippen LogP contribution in [0.4, 0.5) is 0 Å². The molecule has 2 atom stereocenters. The first-order chi connectivity index (χ1) is 13.3. The summed E-state index contributed by atoms with van der Waals surface area (Å²) in [5.74, 6) is 0.123. The lowest BCUT2D eigenvalue weighted by Gasteiger charge is -2.12. The van der Waals surface area contributed by atoms with Crippen LogP contribution in [-0.4, -0.2) is 34.4 Å². The summed E-state index contributed by atoms with van der Waals surface area (Å²) < 4.78 is 2.26. The van der Waals surface area contributed by atoms with E-state index in [0.717, 1.165) is 12.1 Å². The first kappa shape index (κ1) is 14.9. The van der Waals surface area contributed by atoms with Gasteiger partial charge in [0.1, 0.15) is 5.92 Å². The number of nitrogens with zero attached hydrogens (tertiary/aromatic N) is 2. The molecule has 0 N–H and O–H groups in total. The highest BCUT2D eigenvalue weighted by Crippen LogP contribution is 2.44. The fraction of sp³-hybridized carbons (Fsp3) is 0.167. The van der Waals surface area contributed by atoms with E-state index in [1.807, 2.05) is 18.1 Å². The van der Waals surface area contributed by atoms with Gasteiger partial charge < -0.3 is 0 Å². The van der Waals surface area contributed by atoms with E-state index < -0.39 is 0 Å². The van der Waals surface area contributed by atoms with E-state index in [2.05, 4.69) is 71.4 Å². The van der Waals surface area contributed by atoms with Gasteiger partial charge in [-0.25, -0.2) is 0 Å². The zero-order valence-corrected chi connectivity index (χ0v) is 15.1. The van der Waals surface area contributed by atoms with Gasteiger partial charge >= 0.3 is 0 Å². The molecule has 1 heterocycles. The zero-order valence-electron chi connectivity index (χ0n) is 15.1. The van der Waals surface area contributed by atoms with Crippen LogP contribution in [0, 0.1) is 0 Å². The van der Waals surface area contributed by atoms with Crippen molar-refractivity contribution in [2.75, 3.05) is 7.05 Å². The van der Waals surface area contributed by atoms with Crippen molar-refractivity contribution >= 4 is 11.6 Å². The molecule has 2 aliphatic carbocycles. The Morgan fingerprint density at radius 2 is 1.37 bits per heavy atom. The Labute approximate surface area is 158 Å². The maximum atomic E-state index is 13.2. The van der Waals surface area contributed by atoms with Crippen molar-refractivity contribution in [1.29, 1.82) is 0 Å². The first-order valence-corrected chi connectivity index (χ1v) is 9.46. The van der Waals surface area contributed by atoms with E-state index in [0.29, 0.717) is 0 Å². The Balaban J connectivity index is 1.65. The maximum Gasteiger partial charge on any atom is 0.291 e. The van der Waals surface area contributed by atoms with Crippen LogP contribution >= 0.6 is 0 Å². The van der Waals surface area contributed by atoms with Crippen molar-refractivity contribution in [2.24, 2.45) is 0 Å². The number of rotatable bonds is 0. The topological polar surface area (TPSA) is 23.3 Å². The number of hydrazone groups is 1. The van der Waals surface area contributed by atoms with E-state index in [9.17, 15) is 4.79 Å². The molecule has 3 aromatic carbocycles. The van der Waals surface area contributed by atoms with Crippen LogP contribution < -0.4 is 0 Å². The molecule has 0 spiro atoms. The molecule has 0 radical (unpaired) electrons. The minimum atomic E-state index is -0.0707. The molecule has 27 heavy (non-hydrogen) atoms. The quantitative estimate of drug-likeness (QED) is 0.444. The van der Waals surface area contributed by atoms with Crippen LogP contribution in [0.2, 0.25) is 0 Å². The van der Waals surface area contributed by atoms with Gasteiger partial charge in [-0.3, -0.25) is 4.79 Å². The number of hydrogen-bond acceptors (Lipinski definition) is 1. The van der Waals surface area contributed by atoms with Gasteiger partial charge in [-0.2, -0.15) is 0 Å². The van der Waals surface area contributed by atoms with Crippen molar-refractivity contribution in [2.45, 2.75) is 18.4 Å². The summed E-state index contributed by atoms with van der Waals surface area (Å²) in [5, 5.41) is 1.85. The summed E-state index contributed by atoms with van der Waals surface area (Å²) in [6.45, 7) is 0. The monoisotopic (exact) mass is 351 g/mol. The van der Waals surface area contributed by atoms with Gasteiger partial charge in [0.15, 0.2) is 0 Å². The molecule has 6 rings (SSSR count). The highest BCUT2D eigenvalue weighted by atomic mass is 16.2. The molecule has 130 valence electrons. The molecule has 1 fully saturated rings. The summed E-state index contributed by atoms with van der Waals surface area (Å²) in [6.07, 6.45) is 0.907. The number of carbonyl (C=O) groups excluding carboxylic acids is 1. The molecule has 0 bridgehead atoms. The second-order valence-corrected chi connectivity index (χ2v) is 7.59. The number of likely N-dealkylation sites (N-methyl/N-ethyl adjacent to an activating group) is 1. The Bertz CT molecular complexity index is 1110. The number of carbonyl (C=O) groups is 1. The Morgan fingerprint density at radius 3 is 2.04 bits per heavy atom. The normalized spacial score (nSPS) is 22.0. The molecule has 3 aromatic rings. The van der Waals surface area contributed by atoms with Gasteiger partial charge in [0.05, 0.1) is 18.2 Å². The summed E-state index contributed by atoms with van der Waals surface area (Å²) in [7, 11) is 1.92. The Kier molecular flexibility index (Phi) is 2.85. The smallest absolute Gasteiger partial charge is 0.268 e. The van der Waals surface area contributed by atoms with Crippen molar-refractivity contribution in [1.82, 2.24) is 5.01 Å². The molecule has 3 aliphatic rings. The Hall–Kier alpha value is -3.20. The fourth-order valence-electron chi connectivity index (χ4n) is 5.19. The van der Waals surface area contributed by atoms with E-state index >= 15 is 0 Å². The molecular weight excluding hydrogens is 332 g/mol. The molecule has 0 aromatic heterocycles. The number of hydrogen-bond donors (Lipinski definition) is 0. The van der Waals surface area contributed by atoms with E-state index in [1.54, 1.807) is 0 Å². The molecule has 0 unspecified atom stereocenters. The van der Waals surface area contributed by atoms with Crippen LogP contribution in [0.25, 0.3) is 11.1 Å². The highest BCUT2D eigenvalue weighted by molar-refractivity contribution is 6.22. The lowest BCUT2D eigenvalue weighted by Crippen LogP contribution is -2.37. The summed E-state index contributed by atoms with van der Waals surface area (Å²) in [6, 6.07) is 25.6. The van der Waals surface area contributed by atoms with Crippen LogP contribution in [0.15, 0.2) is 72.8 Å². The van der Waals surface area contributed by atoms with Gasteiger partial charge in [0.2, 0.25) is 11.8 Å². The molecule has 1 amide bonds. The van der Waals surface area contributed by atoms with Gasteiger partial charge in [-0.15, -0.1) is 9.69 Å². The van der Waals surface area contributed by atoms with Gasteiger partial charge in [0, 0.05) is 6.42 Å². The molecule has 0 saturated carbocycles. The largest absolute Gasteiger partial charge is 0.291 e. The summed E-state index contributed by atoms with van der Waals surface area (Å²) >= 11 is 0. The predicted molar refractivity (Wildman–Crippen MR) is 105 cm³/mol. The van der Waals surface area contributed by atoms with E-state index in [-0.39, 0.29) is 17.9 Å². The maximum absolute atomic E-state index is 13.2. The number of hydrazine groups is 1. The standard InChI is InChI=1S/C24H19N2O/c1-25-24(27)22-16-9-3-2-8-15(16)14-21(22)26(25)23-19-12-6-4-10-17(19)18-11-5-7-13-20(18)23/h2-13,21-22H,14H2,1H3/q+1/t21-,22+/m1/s1. The highest BCUT2D eigenvalue weighted by Gasteiger charge is 2.57. The van der Waals surface area contributed by atoms with Gasteiger partial charge in [-0.05, 0) is 34.4 Å². The molecule has 1 aliphatic heterocycles. The average molecular weight is 351 g/mol. The summed E-state index contributed by atoms with van der Waals surface area (Å²) in [5.41, 5.74) is 8.61. The van der Waals surface area contributed by atoms with Gasteiger partial charge in [0.25, 0.3) is 5.91 Å². The second-order valence-electron chi connectivity index (χ2n) is 7.59. The van der Waals surface area contributed by atoms with Crippen molar-refractivity contribution < 1.29 is 9.48 Å². The fourth-order valence-corrected chi connectivity index (χ4v) is 5.19. The van der Waals surface area contributed by atoms with Crippen molar-refractivity contribution in [3.63, 3.8) is 0 Å². The van der Waals surface area contributed by atoms with Gasteiger partial charge in [-0.1, -0.05) is 60.7 Å². The van der Waals surface area contributed by atoms with Crippen LogP contribution in [0.3, 0.4) is 0 Å². The average Bonchev–Trinajstić information content (AvgIpc) is 3.31. The van der Waals surface area contributed by atoms with Crippen molar-refractivity contribution in [3.8, 4) is 11.1 Å². The lowest BCUT2D eigenvalue weighted by atomic mass is 9.99. The van der Waals surface area contributed by atoms with E-state index in [4.69, 9.17) is 0 Å². The molecular formula is C24H19N2O+. The molecule has 3 nitrogen and oxygen atoms in total. The van der Waals surface area contributed by atoms with E-state index in [1.165, 1.54) is 33.4 Å². The third-order valence-electron chi connectivity index (χ3n) is 6.31. The van der Waals surface area contributed by atoms with Crippen LogP contribution in [-0.2, 0) is 11.2 Å². The lowest BCUT2D eigenvalue weighted by molar-refractivity contribution is -0.676. The van der Waals surface area contributed by atoms with Crippen LogP contribution in [0.5, 0.6) is 0 Å². The van der Waals surface area contributed by atoms with Crippen LogP contribution in [0.1, 0.15) is 28.2 Å². The third kappa shape index (κ3) is 1.81. The number of amides is 1. The molecule has 3 heteroatoms. The first-order valence-electron chi connectivity index (χ1n) is 9.46. The minimum Gasteiger partial charge on any atom is -0.268 e. The predicted octanol–water partition coefficient (Wildman–Crippen LogP) is 3.61. The minimum absolute atomic E-state index is 0.0707. The molecule has 1 saturated heterocycles. The van der Waals surface area contributed by atoms with Crippen molar-refractivity contribution in [3.05, 3.63) is 95.1 Å². The second kappa shape index (κ2) is 5.17. The number of benzene rings is 3.